The van der Waals surface area contributed by atoms with Crippen molar-refractivity contribution in [2.45, 2.75) is 39.8 Å². The summed E-state index contributed by atoms with van der Waals surface area (Å²) in [5, 5.41) is 12.0. The number of carbonyl (C=O) groups is 1. The summed E-state index contributed by atoms with van der Waals surface area (Å²) in [5.74, 6) is -0.0898. The molecule has 0 aliphatic heterocycles. The van der Waals surface area contributed by atoms with Crippen molar-refractivity contribution in [2.75, 3.05) is 0 Å². The predicted molar refractivity (Wildman–Crippen MR) is 81.1 cm³/mol. The lowest BCUT2D eigenvalue weighted by molar-refractivity contribution is -0.122. The van der Waals surface area contributed by atoms with E-state index >= 15 is 0 Å². The van der Waals surface area contributed by atoms with Gasteiger partial charge >= 0.3 is 0 Å². The molecule has 1 atom stereocenters. The molecule has 0 fully saturated rings. The van der Waals surface area contributed by atoms with E-state index in [0.29, 0.717) is 5.02 Å². The molecule has 0 aromatic carbocycles. The van der Waals surface area contributed by atoms with Gasteiger partial charge in [0, 0.05) is 18.8 Å². The smallest absolute Gasteiger partial charge is 0.242 e. The Morgan fingerprint density at radius 1 is 1.48 bits per heavy atom. The van der Waals surface area contributed by atoms with Crippen LogP contribution in [0.4, 0.5) is 0 Å². The van der Waals surface area contributed by atoms with Crippen molar-refractivity contribution >= 4 is 17.5 Å². The van der Waals surface area contributed by atoms with E-state index in [2.05, 4.69) is 15.5 Å². The highest BCUT2D eigenvalue weighted by Gasteiger charge is 2.16. The fourth-order valence-electron chi connectivity index (χ4n) is 2.25. The molecule has 2 aromatic heterocycles. The number of aryl methyl sites for hydroxylation is 2. The van der Waals surface area contributed by atoms with Gasteiger partial charge in [-0.25, -0.2) is 0 Å². The fraction of sp³-hybridized carbons (Fsp3) is 0.500. The second-order valence-electron chi connectivity index (χ2n) is 5.12. The van der Waals surface area contributed by atoms with Crippen molar-refractivity contribution in [2.24, 2.45) is 7.05 Å². The standard InChI is InChI=1S/C14H20ClN5O/c1-5-12(11-6-16-19(4)7-11)17-13(21)8-20-10(3)14(15)9(2)18-20/h6-7,12H,5,8H2,1-4H3,(H,17,21)/t12-/m0/s1. The SMILES string of the molecule is CC[C@H](NC(=O)Cn1nc(C)c(Cl)c1C)c1cnn(C)c1. The maximum absolute atomic E-state index is 12.2. The quantitative estimate of drug-likeness (QED) is 0.920. The Hall–Kier alpha value is -1.82. The molecule has 7 heteroatoms. The second kappa shape index (κ2) is 6.30. The molecule has 0 saturated carbocycles. The molecule has 114 valence electrons. The van der Waals surface area contributed by atoms with Crippen LogP contribution >= 0.6 is 11.6 Å². The van der Waals surface area contributed by atoms with E-state index in [0.717, 1.165) is 23.4 Å². The van der Waals surface area contributed by atoms with Crippen molar-refractivity contribution in [3.8, 4) is 0 Å². The van der Waals surface area contributed by atoms with Gasteiger partial charge in [-0.15, -0.1) is 0 Å². The van der Waals surface area contributed by atoms with E-state index in [9.17, 15) is 4.79 Å². The molecule has 0 unspecified atom stereocenters. The Kier molecular flexibility index (Phi) is 4.67. The lowest BCUT2D eigenvalue weighted by Crippen LogP contribution is -2.31. The van der Waals surface area contributed by atoms with Crippen LogP contribution in [0.5, 0.6) is 0 Å². The average molecular weight is 310 g/mol. The fourth-order valence-corrected chi connectivity index (χ4v) is 2.38. The summed E-state index contributed by atoms with van der Waals surface area (Å²) in [7, 11) is 1.86. The van der Waals surface area contributed by atoms with Gasteiger partial charge in [-0.2, -0.15) is 10.2 Å². The van der Waals surface area contributed by atoms with Crippen LogP contribution in [0.1, 0.15) is 36.3 Å². The largest absolute Gasteiger partial charge is 0.348 e. The molecular formula is C14H20ClN5O. The first-order chi connectivity index (χ1) is 9.92. The summed E-state index contributed by atoms with van der Waals surface area (Å²) in [5.41, 5.74) is 2.54. The van der Waals surface area contributed by atoms with Crippen LogP contribution in [-0.2, 0) is 18.4 Å². The van der Waals surface area contributed by atoms with Crippen LogP contribution in [0.2, 0.25) is 5.02 Å². The third-order valence-electron chi connectivity index (χ3n) is 3.46. The van der Waals surface area contributed by atoms with Gasteiger partial charge in [0.05, 0.1) is 28.6 Å². The first-order valence-electron chi connectivity index (χ1n) is 6.89. The van der Waals surface area contributed by atoms with Gasteiger partial charge < -0.3 is 5.32 Å². The molecule has 0 spiro atoms. The molecule has 21 heavy (non-hydrogen) atoms. The number of halogens is 1. The van der Waals surface area contributed by atoms with E-state index in [-0.39, 0.29) is 18.5 Å². The molecule has 2 heterocycles. The number of carbonyl (C=O) groups excluding carboxylic acids is 1. The van der Waals surface area contributed by atoms with Crippen LogP contribution in [0.25, 0.3) is 0 Å². The molecule has 6 nitrogen and oxygen atoms in total. The zero-order valence-electron chi connectivity index (χ0n) is 12.7. The Morgan fingerprint density at radius 2 is 2.19 bits per heavy atom. The summed E-state index contributed by atoms with van der Waals surface area (Å²) in [4.78, 5) is 12.2. The highest BCUT2D eigenvalue weighted by atomic mass is 35.5. The molecule has 0 aliphatic rings. The molecule has 0 aliphatic carbocycles. The van der Waals surface area contributed by atoms with Crippen molar-refractivity contribution < 1.29 is 4.79 Å². The zero-order chi connectivity index (χ0) is 15.6. The van der Waals surface area contributed by atoms with Gasteiger partial charge in [-0.3, -0.25) is 14.2 Å². The van der Waals surface area contributed by atoms with Gasteiger partial charge in [-0.1, -0.05) is 18.5 Å². The number of amides is 1. The monoisotopic (exact) mass is 309 g/mol. The molecule has 2 rings (SSSR count). The molecule has 0 radical (unpaired) electrons. The number of aromatic nitrogens is 4. The Bertz CT molecular complexity index is 646. The molecule has 1 N–H and O–H groups in total. The lowest BCUT2D eigenvalue weighted by Gasteiger charge is -2.15. The van der Waals surface area contributed by atoms with Gasteiger partial charge in [0.25, 0.3) is 0 Å². The number of hydrogen-bond donors (Lipinski definition) is 1. The molecule has 0 bridgehead atoms. The average Bonchev–Trinajstić information content (AvgIpc) is 2.97. The maximum Gasteiger partial charge on any atom is 0.242 e. The summed E-state index contributed by atoms with van der Waals surface area (Å²) >= 11 is 6.09. The number of nitrogens with zero attached hydrogens (tertiary/aromatic N) is 4. The summed E-state index contributed by atoms with van der Waals surface area (Å²) in [6.07, 6.45) is 4.48. The van der Waals surface area contributed by atoms with E-state index in [1.807, 2.05) is 34.0 Å². The summed E-state index contributed by atoms with van der Waals surface area (Å²) in [6, 6.07) is -0.0429. The minimum atomic E-state index is -0.0898. The Balaban J connectivity index is 2.05. The van der Waals surface area contributed by atoms with Crippen molar-refractivity contribution in [3.63, 3.8) is 0 Å². The minimum absolute atomic E-state index is 0.0429. The van der Waals surface area contributed by atoms with Crippen LogP contribution < -0.4 is 5.32 Å². The van der Waals surface area contributed by atoms with Crippen LogP contribution in [-0.4, -0.2) is 25.5 Å². The zero-order valence-corrected chi connectivity index (χ0v) is 13.5. The van der Waals surface area contributed by atoms with Gasteiger partial charge in [0.15, 0.2) is 0 Å². The molecule has 2 aromatic rings. The van der Waals surface area contributed by atoms with Crippen molar-refractivity contribution in [3.05, 3.63) is 34.4 Å². The molecular weight excluding hydrogens is 290 g/mol. The molecule has 0 saturated heterocycles. The minimum Gasteiger partial charge on any atom is -0.348 e. The first-order valence-corrected chi connectivity index (χ1v) is 7.27. The maximum atomic E-state index is 12.2. The van der Waals surface area contributed by atoms with E-state index in [1.54, 1.807) is 15.6 Å². The predicted octanol–water partition coefficient (Wildman–Crippen LogP) is 2.15. The number of hydrogen-bond acceptors (Lipinski definition) is 3. The number of nitrogens with one attached hydrogen (secondary N) is 1. The third kappa shape index (κ3) is 3.44. The Labute approximate surface area is 129 Å². The first kappa shape index (κ1) is 15.6. The second-order valence-corrected chi connectivity index (χ2v) is 5.50. The van der Waals surface area contributed by atoms with E-state index in [4.69, 9.17) is 11.6 Å². The van der Waals surface area contributed by atoms with E-state index in [1.165, 1.54) is 0 Å². The normalized spacial score (nSPS) is 12.4. The van der Waals surface area contributed by atoms with Gasteiger partial charge in [0.1, 0.15) is 6.54 Å². The van der Waals surface area contributed by atoms with Crippen LogP contribution in [0.15, 0.2) is 12.4 Å². The van der Waals surface area contributed by atoms with Crippen LogP contribution in [0, 0.1) is 13.8 Å². The van der Waals surface area contributed by atoms with Gasteiger partial charge in [0.2, 0.25) is 5.91 Å². The topological polar surface area (TPSA) is 64.7 Å². The summed E-state index contributed by atoms with van der Waals surface area (Å²) < 4.78 is 3.36. The highest BCUT2D eigenvalue weighted by Crippen LogP contribution is 2.19. The highest BCUT2D eigenvalue weighted by molar-refractivity contribution is 6.31. The van der Waals surface area contributed by atoms with Crippen molar-refractivity contribution in [1.29, 1.82) is 0 Å². The van der Waals surface area contributed by atoms with Gasteiger partial charge in [-0.05, 0) is 20.3 Å². The third-order valence-corrected chi connectivity index (χ3v) is 4.00. The van der Waals surface area contributed by atoms with E-state index < -0.39 is 0 Å². The lowest BCUT2D eigenvalue weighted by atomic mass is 10.1. The van der Waals surface area contributed by atoms with Crippen LogP contribution in [0.3, 0.4) is 0 Å². The summed E-state index contributed by atoms with van der Waals surface area (Å²) in [6.45, 7) is 5.87. The number of rotatable bonds is 5. The Morgan fingerprint density at radius 3 is 2.67 bits per heavy atom. The van der Waals surface area contributed by atoms with Crippen molar-refractivity contribution in [1.82, 2.24) is 24.9 Å². The molecule has 1 amide bonds.